The number of fused-ring (bicyclic) bond motifs is 3. The van der Waals surface area contributed by atoms with Crippen molar-refractivity contribution in [3.8, 4) is 51.5 Å². The van der Waals surface area contributed by atoms with Crippen LogP contribution in [0.15, 0.2) is 134 Å². The van der Waals surface area contributed by atoms with Crippen LogP contribution < -0.4 is 9.47 Å². The minimum absolute atomic E-state index is 0.596. The van der Waals surface area contributed by atoms with E-state index in [1.807, 2.05) is 123 Å². The number of hydrogen-bond donors (Lipinski definition) is 0. The molecule has 0 aliphatic carbocycles. The first-order chi connectivity index (χ1) is 23.5. The molecule has 0 fully saturated rings. The molecule has 0 saturated heterocycles. The van der Waals surface area contributed by atoms with Gasteiger partial charge >= 0.3 is 0 Å². The van der Waals surface area contributed by atoms with Crippen molar-refractivity contribution in [2.24, 2.45) is 0 Å². The molecule has 0 saturated carbocycles. The first kappa shape index (κ1) is 29.1. The highest BCUT2D eigenvalue weighted by atomic mass is 16.5. The highest BCUT2D eigenvalue weighted by molar-refractivity contribution is 6.09. The summed E-state index contributed by atoms with van der Waals surface area (Å²) in [6.45, 7) is 6.09. The minimum Gasteiger partial charge on any atom is -0.457 e. The van der Waals surface area contributed by atoms with E-state index in [1.165, 1.54) is 0 Å². The Balaban J connectivity index is 1.23. The SMILES string of the molecule is Cc1nc(-n2c3cc(Oc4cccc(-c5ccccn5)c4)ccc3c3ccc(Oc4cccc(-c5ccccn5)c4)cc32)nc(C)c1C. The Morgan fingerprint density at radius 1 is 0.479 bits per heavy atom. The standard InChI is InChI=1S/C41H31N5O2/c1-26-27(2)44-41(45-28(26)3)46-39-24-33(47-31-12-8-10-29(22-31)37-14-4-6-20-42-37)16-18-35(39)36-19-17-34(25-40(36)46)48-32-13-9-11-30(23-32)38-15-5-7-21-43-38/h4-25H,1-3H3. The molecule has 0 spiro atoms. The quantitative estimate of drug-likeness (QED) is 0.175. The van der Waals surface area contributed by atoms with Crippen molar-refractivity contribution in [2.75, 3.05) is 0 Å². The normalized spacial score (nSPS) is 11.2. The third kappa shape index (κ3) is 5.52. The Labute approximate surface area is 278 Å². The third-order valence-corrected chi connectivity index (χ3v) is 8.59. The fraction of sp³-hybridized carbons (Fsp3) is 0.0732. The second-order valence-electron chi connectivity index (χ2n) is 11.7. The molecule has 0 aliphatic rings. The molecule has 232 valence electrons. The smallest absolute Gasteiger partial charge is 0.235 e. The van der Waals surface area contributed by atoms with Crippen LogP contribution in [0.2, 0.25) is 0 Å². The highest BCUT2D eigenvalue weighted by Crippen LogP contribution is 2.38. The van der Waals surface area contributed by atoms with Crippen LogP contribution in [0.5, 0.6) is 23.0 Å². The van der Waals surface area contributed by atoms with Crippen LogP contribution in [0.3, 0.4) is 0 Å². The van der Waals surface area contributed by atoms with Crippen molar-refractivity contribution in [3.05, 3.63) is 151 Å². The van der Waals surface area contributed by atoms with Gasteiger partial charge in [0.2, 0.25) is 5.95 Å². The third-order valence-electron chi connectivity index (χ3n) is 8.59. The number of rotatable bonds is 7. The van der Waals surface area contributed by atoms with E-state index in [9.17, 15) is 0 Å². The molecule has 0 amide bonds. The van der Waals surface area contributed by atoms with Crippen LogP contribution in [0.1, 0.15) is 17.0 Å². The summed E-state index contributed by atoms with van der Waals surface area (Å²) in [5.41, 5.74) is 8.56. The summed E-state index contributed by atoms with van der Waals surface area (Å²) >= 11 is 0. The number of benzene rings is 4. The lowest BCUT2D eigenvalue weighted by Gasteiger charge is -2.12. The molecule has 0 radical (unpaired) electrons. The van der Waals surface area contributed by atoms with Gasteiger partial charge in [0.25, 0.3) is 0 Å². The van der Waals surface area contributed by atoms with Gasteiger partial charge < -0.3 is 9.47 Å². The lowest BCUT2D eigenvalue weighted by molar-refractivity contribution is 0.483. The number of aromatic nitrogens is 5. The first-order valence-corrected chi connectivity index (χ1v) is 15.8. The molecule has 48 heavy (non-hydrogen) atoms. The van der Waals surface area contributed by atoms with Crippen molar-refractivity contribution >= 4 is 21.8 Å². The van der Waals surface area contributed by atoms with Gasteiger partial charge in [-0.25, -0.2) is 9.97 Å². The van der Waals surface area contributed by atoms with E-state index in [2.05, 4.69) is 33.6 Å². The Kier molecular flexibility index (Phi) is 7.34. The largest absolute Gasteiger partial charge is 0.457 e. The number of aryl methyl sites for hydroxylation is 2. The fourth-order valence-electron chi connectivity index (χ4n) is 5.95. The van der Waals surface area contributed by atoms with Gasteiger partial charge in [-0.3, -0.25) is 14.5 Å². The highest BCUT2D eigenvalue weighted by Gasteiger charge is 2.18. The van der Waals surface area contributed by atoms with E-state index >= 15 is 0 Å². The summed E-state index contributed by atoms with van der Waals surface area (Å²) in [5, 5.41) is 2.12. The van der Waals surface area contributed by atoms with Crippen molar-refractivity contribution in [3.63, 3.8) is 0 Å². The van der Waals surface area contributed by atoms with Crippen molar-refractivity contribution in [1.29, 1.82) is 0 Å². The van der Waals surface area contributed by atoms with Crippen molar-refractivity contribution in [1.82, 2.24) is 24.5 Å². The van der Waals surface area contributed by atoms with Crippen LogP contribution in [0.4, 0.5) is 0 Å². The van der Waals surface area contributed by atoms with Crippen molar-refractivity contribution < 1.29 is 9.47 Å². The maximum Gasteiger partial charge on any atom is 0.235 e. The Morgan fingerprint density at radius 2 is 0.958 bits per heavy atom. The summed E-state index contributed by atoms with van der Waals surface area (Å²) in [5.74, 6) is 3.45. The molecule has 4 aromatic carbocycles. The summed E-state index contributed by atoms with van der Waals surface area (Å²) in [7, 11) is 0. The van der Waals surface area contributed by atoms with E-state index in [4.69, 9.17) is 19.4 Å². The molecule has 0 aliphatic heterocycles. The molecule has 8 aromatic rings. The van der Waals surface area contributed by atoms with Gasteiger partial charge in [-0.2, -0.15) is 0 Å². The van der Waals surface area contributed by atoms with E-state index in [-0.39, 0.29) is 0 Å². The molecular weight excluding hydrogens is 594 g/mol. The molecule has 7 nitrogen and oxygen atoms in total. The fourth-order valence-corrected chi connectivity index (χ4v) is 5.95. The molecule has 0 N–H and O–H groups in total. The lowest BCUT2D eigenvalue weighted by atomic mass is 10.1. The molecule has 7 heteroatoms. The number of hydrogen-bond acceptors (Lipinski definition) is 6. The Hall–Kier alpha value is -6.34. The van der Waals surface area contributed by atoms with E-state index in [0.29, 0.717) is 17.4 Å². The Bertz CT molecular complexity index is 2270. The maximum atomic E-state index is 6.44. The second kappa shape index (κ2) is 12.1. The summed E-state index contributed by atoms with van der Waals surface area (Å²) in [6, 6.07) is 40.0. The molecule has 4 aromatic heterocycles. The zero-order valence-electron chi connectivity index (χ0n) is 26.8. The average molecular weight is 626 g/mol. The molecule has 0 unspecified atom stereocenters. The van der Waals surface area contributed by atoms with Gasteiger partial charge in [0.05, 0.1) is 22.4 Å². The van der Waals surface area contributed by atoms with E-state index in [1.54, 1.807) is 12.4 Å². The zero-order valence-corrected chi connectivity index (χ0v) is 26.8. The van der Waals surface area contributed by atoms with Crippen LogP contribution in [-0.4, -0.2) is 24.5 Å². The monoisotopic (exact) mass is 625 g/mol. The van der Waals surface area contributed by atoms with Crippen LogP contribution in [0, 0.1) is 20.8 Å². The minimum atomic E-state index is 0.596. The summed E-state index contributed by atoms with van der Waals surface area (Å²) < 4.78 is 15.0. The summed E-state index contributed by atoms with van der Waals surface area (Å²) in [6.07, 6.45) is 3.59. The van der Waals surface area contributed by atoms with E-state index in [0.717, 1.165) is 72.8 Å². The van der Waals surface area contributed by atoms with Crippen LogP contribution in [-0.2, 0) is 0 Å². The van der Waals surface area contributed by atoms with Gasteiger partial charge in [-0.1, -0.05) is 36.4 Å². The lowest BCUT2D eigenvalue weighted by Crippen LogP contribution is -2.06. The number of nitrogens with zero attached hydrogens (tertiary/aromatic N) is 5. The van der Waals surface area contributed by atoms with Gasteiger partial charge in [-0.05, 0) is 99.1 Å². The Morgan fingerprint density at radius 3 is 1.42 bits per heavy atom. The van der Waals surface area contributed by atoms with Crippen molar-refractivity contribution in [2.45, 2.75) is 20.8 Å². The van der Waals surface area contributed by atoms with Gasteiger partial charge in [0.15, 0.2) is 0 Å². The number of pyridine rings is 2. The molecule has 0 bridgehead atoms. The van der Waals surface area contributed by atoms with Gasteiger partial charge in [-0.15, -0.1) is 0 Å². The van der Waals surface area contributed by atoms with Crippen LogP contribution in [0.25, 0.3) is 50.3 Å². The van der Waals surface area contributed by atoms with Gasteiger partial charge in [0.1, 0.15) is 23.0 Å². The van der Waals surface area contributed by atoms with E-state index < -0.39 is 0 Å². The predicted molar refractivity (Wildman–Crippen MR) is 190 cm³/mol. The zero-order chi connectivity index (χ0) is 32.6. The average Bonchev–Trinajstić information content (AvgIpc) is 3.44. The molecule has 8 rings (SSSR count). The maximum absolute atomic E-state index is 6.44. The van der Waals surface area contributed by atoms with Crippen LogP contribution >= 0.6 is 0 Å². The predicted octanol–water partition coefficient (Wildman–Crippen LogP) is 10.2. The van der Waals surface area contributed by atoms with Gasteiger partial charge in [0, 0.05) is 57.8 Å². The molecular formula is C41H31N5O2. The first-order valence-electron chi connectivity index (χ1n) is 15.8. The topological polar surface area (TPSA) is 75.0 Å². The second-order valence-corrected chi connectivity index (χ2v) is 11.7. The summed E-state index contributed by atoms with van der Waals surface area (Å²) in [4.78, 5) is 18.9. The molecule has 4 heterocycles. The molecule has 0 atom stereocenters. The number of ether oxygens (including phenoxy) is 2.